The molecule has 4 aromatic carbocycles. The van der Waals surface area contributed by atoms with Crippen LogP contribution in [0, 0.1) is 5.41 Å². The summed E-state index contributed by atoms with van der Waals surface area (Å²) in [5, 5.41) is 19.0. The van der Waals surface area contributed by atoms with Crippen molar-refractivity contribution in [2.45, 2.75) is 37.3 Å². The van der Waals surface area contributed by atoms with Crippen LogP contribution in [0.25, 0.3) is 10.8 Å². The first-order chi connectivity index (χ1) is 21.0. The molecule has 1 aliphatic heterocycles. The molecule has 6 N–H and O–H groups in total. The van der Waals surface area contributed by atoms with Gasteiger partial charge in [0.2, 0.25) is 5.91 Å². The number of amides is 2. The van der Waals surface area contributed by atoms with Crippen molar-refractivity contribution in [2.24, 2.45) is 5.73 Å². The molecule has 2 amide bonds. The SMILES string of the molecule is N=C(N)NCCC[C@@H]1N[C@H](CNC(=O)c2ccc3ccccc3c2)CCN(CC(c2ccccc2)c2ccccc2)C1=O. The van der Waals surface area contributed by atoms with E-state index in [1.54, 1.807) is 0 Å². The molecule has 0 saturated carbocycles. The summed E-state index contributed by atoms with van der Waals surface area (Å²) in [6.45, 7) is 2.07. The maximum Gasteiger partial charge on any atom is 0.251 e. The number of carbonyl (C=O) groups excluding carboxylic acids is 2. The van der Waals surface area contributed by atoms with Crippen LogP contribution >= 0.6 is 0 Å². The number of hydrogen-bond acceptors (Lipinski definition) is 4. The molecule has 8 heteroatoms. The van der Waals surface area contributed by atoms with Gasteiger partial charge in [-0.2, -0.15) is 0 Å². The molecule has 0 aliphatic carbocycles. The molecule has 4 aromatic rings. The van der Waals surface area contributed by atoms with Crippen LogP contribution in [0.15, 0.2) is 103 Å². The summed E-state index contributed by atoms with van der Waals surface area (Å²) in [5.74, 6) is -0.112. The Morgan fingerprint density at radius 2 is 1.56 bits per heavy atom. The van der Waals surface area contributed by atoms with Crippen molar-refractivity contribution in [3.05, 3.63) is 120 Å². The summed E-state index contributed by atoms with van der Waals surface area (Å²) < 4.78 is 0. The van der Waals surface area contributed by atoms with Crippen molar-refractivity contribution in [3.8, 4) is 0 Å². The van der Waals surface area contributed by atoms with Gasteiger partial charge < -0.3 is 26.6 Å². The lowest BCUT2D eigenvalue weighted by Crippen LogP contribution is -2.49. The number of nitrogens with zero attached hydrogens (tertiary/aromatic N) is 1. The maximum atomic E-state index is 14.0. The summed E-state index contributed by atoms with van der Waals surface area (Å²) in [4.78, 5) is 29.1. The van der Waals surface area contributed by atoms with Crippen molar-refractivity contribution in [1.29, 1.82) is 5.41 Å². The van der Waals surface area contributed by atoms with E-state index in [-0.39, 0.29) is 29.7 Å². The molecule has 1 aliphatic rings. The van der Waals surface area contributed by atoms with Crippen LogP contribution in [0.4, 0.5) is 0 Å². The molecule has 0 aromatic heterocycles. The standard InChI is InChI=1S/C35H40N6O2/c36-35(37)38-20-9-16-32-34(43)41(24-31(26-11-3-1-4-12-26)27-13-5-2-6-14-27)21-19-30(40-32)23-39-33(42)29-18-17-25-10-7-8-15-28(25)22-29/h1-8,10-15,17-18,22,30-32,40H,9,16,19-21,23-24H2,(H,39,42)(H4,36,37,38)/t30-,32-/m0/s1. The van der Waals surface area contributed by atoms with Crippen molar-refractivity contribution in [2.75, 3.05) is 26.2 Å². The number of fused-ring (bicyclic) bond motifs is 1. The zero-order valence-corrected chi connectivity index (χ0v) is 24.3. The number of guanidine groups is 1. The quantitative estimate of drug-likeness (QED) is 0.104. The minimum atomic E-state index is -0.411. The molecule has 5 rings (SSSR count). The molecule has 0 radical (unpaired) electrons. The van der Waals surface area contributed by atoms with Crippen molar-refractivity contribution in [3.63, 3.8) is 0 Å². The summed E-state index contributed by atoms with van der Waals surface area (Å²) in [6, 6.07) is 33.9. The van der Waals surface area contributed by atoms with E-state index < -0.39 is 6.04 Å². The molecule has 8 nitrogen and oxygen atoms in total. The van der Waals surface area contributed by atoms with Gasteiger partial charge in [-0.15, -0.1) is 0 Å². The van der Waals surface area contributed by atoms with Gasteiger partial charge in [-0.1, -0.05) is 91.0 Å². The number of rotatable bonds is 11. The Balaban J connectivity index is 1.30. The number of nitrogens with one attached hydrogen (secondary N) is 4. The van der Waals surface area contributed by atoms with Crippen molar-refractivity contribution < 1.29 is 9.59 Å². The van der Waals surface area contributed by atoms with E-state index in [0.717, 1.165) is 10.8 Å². The molecule has 1 fully saturated rings. The van der Waals surface area contributed by atoms with E-state index in [9.17, 15) is 9.59 Å². The highest BCUT2D eigenvalue weighted by atomic mass is 16.2. The van der Waals surface area contributed by atoms with Gasteiger partial charge in [-0.25, -0.2) is 0 Å². The molecule has 222 valence electrons. The molecule has 2 atom stereocenters. The van der Waals surface area contributed by atoms with E-state index in [4.69, 9.17) is 11.1 Å². The Morgan fingerprint density at radius 1 is 0.907 bits per heavy atom. The molecule has 0 spiro atoms. The van der Waals surface area contributed by atoms with Gasteiger partial charge in [0.05, 0.1) is 6.04 Å². The van der Waals surface area contributed by atoms with Crippen LogP contribution in [-0.2, 0) is 4.79 Å². The third kappa shape index (κ3) is 7.99. The fourth-order valence-electron chi connectivity index (χ4n) is 5.80. The van der Waals surface area contributed by atoms with E-state index in [0.29, 0.717) is 51.0 Å². The number of benzene rings is 4. The first-order valence-corrected chi connectivity index (χ1v) is 15.0. The third-order valence-electron chi connectivity index (χ3n) is 8.11. The topological polar surface area (TPSA) is 123 Å². The zero-order chi connectivity index (χ0) is 30.0. The second-order valence-corrected chi connectivity index (χ2v) is 11.1. The average Bonchev–Trinajstić information content (AvgIpc) is 3.19. The van der Waals surface area contributed by atoms with Gasteiger partial charge >= 0.3 is 0 Å². The highest BCUT2D eigenvalue weighted by Crippen LogP contribution is 2.27. The molecular weight excluding hydrogens is 536 g/mol. The van der Waals surface area contributed by atoms with Crippen LogP contribution in [0.5, 0.6) is 0 Å². The molecular formula is C35H40N6O2. The van der Waals surface area contributed by atoms with Crippen LogP contribution in [-0.4, -0.2) is 60.9 Å². The number of carbonyl (C=O) groups is 2. The summed E-state index contributed by atoms with van der Waals surface area (Å²) in [6.07, 6.45) is 1.97. The largest absolute Gasteiger partial charge is 0.370 e. The van der Waals surface area contributed by atoms with Gasteiger partial charge in [0, 0.05) is 43.7 Å². The Kier molecular flexibility index (Phi) is 10.0. The third-order valence-corrected chi connectivity index (χ3v) is 8.11. The Labute approximate surface area is 253 Å². The van der Waals surface area contributed by atoms with Crippen LogP contribution in [0.2, 0.25) is 0 Å². The van der Waals surface area contributed by atoms with Gasteiger partial charge in [-0.3, -0.25) is 15.0 Å². The van der Waals surface area contributed by atoms with Gasteiger partial charge in [0.15, 0.2) is 5.96 Å². The molecule has 1 saturated heterocycles. The average molecular weight is 577 g/mol. The van der Waals surface area contributed by atoms with Crippen molar-refractivity contribution >= 4 is 28.5 Å². The van der Waals surface area contributed by atoms with E-state index >= 15 is 0 Å². The molecule has 0 unspecified atom stereocenters. The van der Waals surface area contributed by atoms with Gasteiger partial charge in [0.1, 0.15) is 0 Å². The highest BCUT2D eigenvalue weighted by Gasteiger charge is 2.32. The molecule has 1 heterocycles. The van der Waals surface area contributed by atoms with E-state index in [1.807, 2.05) is 83.8 Å². The highest BCUT2D eigenvalue weighted by molar-refractivity contribution is 5.98. The zero-order valence-electron chi connectivity index (χ0n) is 24.3. The lowest BCUT2D eigenvalue weighted by Gasteiger charge is -2.29. The first kappa shape index (κ1) is 29.8. The summed E-state index contributed by atoms with van der Waals surface area (Å²) in [5.41, 5.74) is 8.41. The minimum Gasteiger partial charge on any atom is -0.370 e. The fourth-order valence-corrected chi connectivity index (χ4v) is 5.80. The number of hydrogen-bond donors (Lipinski definition) is 5. The lowest BCUT2D eigenvalue weighted by molar-refractivity contribution is -0.133. The summed E-state index contributed by atoms with van der Waals surface area (Å²) >= 11 is 0. The van der Waals surface area contributed by atoms with E-state index in [1.165, 1.54) is 11.1 Å². The maximum absolute atomic E-state index is 14.0. The van der Waals surface area contributed by atoms with Crippen molar-refractivity contribution in [1.82, 2.24) is 20.9 Å². The minimum absolute atomic E-state index is 0.0375. The second-order valence-electron chi connectivity index (χ2n) is 11.1. The summed E-state index contributed by atoms with van der Waals surface area (Å²) in [7, 11) is 0. The number of nitrogens with two attached hydrogens (primary N) is 1. The van der Waals surface area contributed by atoms with E-state index in [2.05, 4.69) is 40.2 Å². The predicted molar refractivity (Wildman–Crippen MR) is 172 cm³/mol. The fraction of sp³-hybridized carbons (Fsp3) is 0.286. The Bertz CT molecular complexity index is 1490. The van der Waals surface area contributed by atoms with Gasteiger partial charge in [-0.05, 0) is 53.3 Å². The first-order valence-electron chi connectivity index (χ1n) is 15.0. The molecule has 43 heavy (non-hydrogen) atoms. The van der Waals surface area contributed by atoms with Crippen LogP contribution < -0.4 is 21.7 Å². The smallest absolute Gasteiger partial charge is 0.251 e. The molecule has 0 bridgehead atoms. The Morgan fingerprint density at radius 3 is 2.23 bits per heavy atom. The Hall–Kier alpha value is -4.69. The lowest BCUT2D eigenvalue weighted by atomic mass is 9.90. The normalized spacial score (nSPS) is 17.0. The predicted octanol–water partition coefficient (Wildman–Crippen LogP) is 4.22. The monoisotopic (exact) mass is 576 g/mol. The second kappa shape index (κ2) is 14.5. The van der Waals surface area contributed by atoms with Crippen LogP contribution in [0.1, 0.15) is 46.7 Å². The van der Waals surface area contributed by atoms with Gasteiger partial charge in [0.25, 0.3) is 5.91 Å². The van der Waals surface area contributed by atoms with Crippen LogP contribution in [0.3, 0.4) is 0 Å².